The van der Waals surface area contributed by atoms with E-state index in [9.17, 15) is 18.3 Å². The van der Waals surface area contributed by atoms with Crippen molar-refractivity contribution in [2.24, 2.45) is 17.8 Å². The smallest absolute Gasteiger partial charge is 0.390 e. The third-order valence-electron chi connectivity index (χ3n) is 9.61. The highest BCUT2D eigenvalue weighted by atomic mass is 19.4. The standard InChI is InChI=1S/C32H50F3NO/c1-31(2,37)22-26-13-18-30(29(21-26)27-14-16-28(17-15-27)32(33,34)35)36(23-25-11-7-4-8-12-25)20-19-24-9-5-3-6-10-24/h14-17,24-26,29-30,37H,3-13,18-23H2,1-2H3. The van der Waals surface area contributed by atoms with E-state index in [-0.39, 0.29) is 5.92 Å². The van der Waals surface area contributed by atoms with Gasteiger partial charge in [0.2, 0.25) is 0 Å². The Hall–Kier alpha value is -1.07. The highest BCUT2D eigenvalue weighted by molar-refractivity contribution is 5.29. The summed E-state index contributed by atoms with van der Waals surface area (Å²) in [6.07, 6.45) is 14.3. The molecule has 0 heterocycles. The molecular formula is C32H50F3NO. The number of hydrogen-bond acceptors (Lipinski definition) is 2. The van der Waals surface area contributed by atoms with Gasteiger partial charge in [-0.15, -0.1) is 0 Å². The van der Waals surface area contributed by atoms with Crippen LogP contribution in [0.4, 0.5) is 13.2 Å². The van der Waals surface area contributed by atoms with Gasteiger partial charge in [0.1, 0.15) is 0 Å². The molecule has 37 heavy (non-hydrogen) atoms. The number of hydrogen-bond donors (Lipinski definition) is 1. The van der Waals surface area contributed by atoms with Gasteiger partial charge in [-0.05, 0) is 107 Å². The van der Waals surface area contributed by atoms with Crippen molar-refractivity contribution in [1.82, 2.24) is 4.90 Å². The Bertz CT molecular complexity index is 803. The summed E-state index contributed by atoms with van der Waals surface area (Å²) in [4.78, 5) is 2.78. The van der Waals surface area contributed by atoms with Crippen LogP contribution in [0.15, 0.2) is 24.3 Å². The molecule has 0 bridgehead atoms. The first-order chi connectivity index (χ1) is 17.6. The minimum absolute atomic E-state index is 0.221. The van der Waals surface area contributed by atoms with Crippen LogP contribution in [-0.4, -0.2) is 34.7 Å². The van der Waals surface area contributed by atoms with Gasteiger partial charge in [0.25, 0.3) is 0 Å². The lowest BCUT2D eigenvalue weighted by molar-refractivity contribution is -0.137. The molecule has 3 aliphatic carbocycles. The van der Waals surface area contributed by atoms with E-state index in [4.69, 9.17) is 0 Å². The molecule has 0 spiro atoms. The first-order valence-corrected chi connectivity index (χ1v) is 15.2. The number of benzene rings is 1. The van der Waals surface area contributed by atoms with Crippen molar-refractivity contribution >= 4 is 0 Å². The molecule has 3 unspecified atom stereocenters. The molecule has 0 aromatic heterocycles. The summed E-state index contributed by atoms with van der Waals surface area (Å²) in [5.41, 5.74) is -0.233. The SMILES string of the molecule is CC(C)(O)CC1CCC(N(CCC2CCCCC2)CC2CCCCC2)C(c2ccc(C(F)(F)F)cc2)C1. The number of rotatable bonds is 9. The van der Waals surface area contributed by atoms with Crippen LogP contribution in [0.25, 0.3) is 0 Å². The molecule has 0 saturated heterocycles. The lowest BCUT2D eigenvalue weighted by atomic mass is 9.71. The van der Waals surface area contributed by atoms with Crippen molar-refractivity contribution in [3.05, 3.63) is 35.4 Å². The van der Waals surface area contributed by atoms with Crippen LogP contribution in [0.1, 0.15) is 127 Å². The summed E-state index contributed by atoms with van der Waals surface area (Å²) in [6.45, 7) is 6.03. The second kappa shape index (κ2) is 12.9. The summed E-state index contributed by atoms with van der Waals surface area (Å²) < 4.78 is 39.9. The molecule has 4 rings (SSSR count). The zero-order valence-electron chi connectivity index (χ0n) is 23.2. The lowest BCUT2D eigenvalue weighted by Crippen LogP contribution is -2.46. The van der Waals surface area contributed by atoms with Crippen molar-refractivity contribution in [1.29, 1.82) is 0 Å². The quantitative estimate of drug-likeness (QED) is 0.350. The fourth-order valence-electron chi connectivity index (χ4n) is 7.77. The van der Waals surface area contributed by atoms with Crippen molar-refractivity contribution in [3.8, 4) is 0 Å². The molecule has 0 aliphatic heterocycles. The van der Waals surface area contributed by atoms with Crippen molar-refractivity contribution < 1.29 is 18.3 Å². The molecule has 1 aromatic carbocycles. The Balaban J connectivity index is 1.56. The molecule has 1 aromatic rings. The number of halogens is 3. The predicted molar refractivity (Wildman–Crippen MR) is 146 cm³/mol. The van der Waals surface area contributed by atoms with E-state index < -0.39 is 17.3 Å². The largest absolute Gasteiger partial charge is 0.416 e. The predicted octanol–water partition coefficient (Wildman–Crippen LogP) is 8.97. The Morgan fingerprint density at radius 1 is 0.784 bits per heavy atom. The molecule has 2 nitrogen and oxygen atoms in total. The second-order valence-electron chi connectivity index (χ2n) is 13.3. The summed E-state index contributed by atoms with van der Waals surface area (Å²) in [6, 6.07) is 6.42. The number of nitrogens with zero attached hydrogens (tertiary/aromatic N) is 1. The minimum Gasteiger partial charge on any atom is -0.390 e. The van der Waals surface area contributed by atoms with Crippen LogP contribution in [0.2, 0.25) is 0 Å². The summed E-state index contributed by atoms with van der Waals surface area (Å²) >= 11 is 0. The normalized spacial score (nSPS) is 27.1. The maximum atomic E-state index is 13.3. The summed E-state index contributed by atoms with van der Waals surface area (Å²) in [5, 5.41) is 10.5. The first-order valence-electron chi connectivity index (χ1n) is 15.2. The van der Waals surface area contributed by atoms with E-state index in [2.05, 4.69) is 4.90 Å². The average molecular weight is 522 g/mol. The van der Waals surface area contributed by atoms with Gasteiger partial charge in [0, 0.05) is 12.6 Å². The Morgan fingerprint density at radius 3 is 1.95 bits per heavy atom. The van der Waals surface area contributed by atoms with E-state index in [1.807, 2.05) is 13.8 Å². The van der Waals surface area contributed by atoms with Gasteiger partial charge in [-0.1, -0.05) is 63.5 Å². The monoisotopic (exact) mass is 521 g/mol. The lowest BCUT2D eigenvalue weighted by Gasteiger charge is -2.45. The minimum atomic E-state index is -4.30. The molecule has 3 atom stereocenters. The van der Waals surface area contributed by atoms with E-state index >= 15 is 0 Å². The van der Waals surface area contributed by atoms with Gasteiger partial charge >= 0.3 is 6.18 Å². The Kier molecular flexibility index (Phi) is 10.0. The van der Waals surface area contributed by atoms with Gasteiger partial charge in [0.05, 0.1) is 11.2 Å². The van der Waals surface area contributed by atoms with E-state index in [1.165, 1.54) is 82.8 Å². The van der Waals surface area contributed by atoms with E-state index in [0.717, 1.165) is 56.2 Å². The van der Waals surface area contributed by atoms with Gasteiger partial charge in [0.15, 0.2) is 0 Å². The van der Waals surface area contributed by atoms with Crippen LogP contribution in [0, 0.1) is 17.8 Å². The molecule has 0 radical (unpaired) electrons. The molecule has 0 amide bonds. The topological polar surface area (TPSA) is 23.5 Å². The molecule has 5 heteroatoms. The van der Waals surface area contributed by atoms with Crippen LogP contribution >= 0.6 is 0 Å². The first kappa shape index (κ1) is 28.9. The maximum Gasteiger partial charge on any atom is 0.416 e. The maximum absolute atomic E-state index is 13.3. The van der Waals surface area contributed by atoms with Gasteiger partial charge < -0.3 is 5.11 Å². The Morgan fingerprint density at radius 2 is 1.38 bits per heavy atom. The molecule has 3 aliphatic rings. The van der Waals surface area contributed by atoms with Crippen molar-refractivity contribution in [2.75, 3.05) is 13.1 Å². The average Bonchev–Trinajstić information content (AvgIpc) is 2.86. The highest BCUT2D eigenvalue weighted by Crippen LogP contribution is 2.43. The van der Waals surface area contributed by atoms with Crippen LogP contribution in [0.3, 0.4) is 0 Å². The van der Waals surface area contributed by atoms with Crippen LogP contribution in [-0.2, 0) is 6.18 Å². The third kappa shape index (κ3) is 8.71. The Labute approximate surface area is 223 Å². The van der Waals surface area contributed by atoms with Gasteiger partial charge in [-0.2, -0.15) is 13.2 Å². The highest BCUT2D eigenvalue weighted by Gasteiger charge is 2.38. The number of alkyl halides is 3. The zero-order chi connectivity index (χ0) is 26.5. The molecule has 3 fully saturated rings. The van der Waals surface area contributed by atoms with E-state index in [1.54, 1.807) is 12.1 Å². The van der Waals surface area contributed by atoms with Gasteiger partial charge in [-0.25, -0.2) is 0 Å². The fourth-order valence-corrected chi connectivity index (χ4v) is 7.77. The molecule has 1 N–H and O–H groups in total. The summed E-state index contributed by atoms with van der Waals surface area (Å²) in [7, 11) is 0. The third-order valence-corrected chi connectivity index (χ3v) is 9.61. The fraction of sp³-hybridized carbons (Fsp3) is 0.812. The van der Waals surface area contributed by atoms with Crippen molar-refractivity contribution in [2.45, 2.75) is 134 Å². The molecule has 210 valence electrons. The zero-order valence-corrected chi connectivity index (χ0v) is 23.2. The molecule has 3 saturated carbocycles. The number of aliphatic hydroxyl groups is 1. The summed E-state index contributed by atoms with van der Waals surface area (Å²) in [5.74, 6) is 2.21. The van der Waals surface area contributed by atoms with Crippen LogP contribution in [0.5, 0.6) is 0 Å². The van der Waals surface area contributed by atoms with Gasteiger partial charge in [-0.3, -0.25) is 4.90 Å². The van der Waals surface area contributed by atoms with E-state index in [0.29, 0.717) is 12.0 Å². The van der Waals surface area contributed by atoms with Crippen molar-refractivity contribution in [3.63, 3.8) is 0 Å². The second-order valence-corrected chi connectivity index (χ2v) is 13.3. The molecular weight excluding hydrogens is 471 g/mol. The van der Waals surface area contributed by atoms with Crippen LogP contribution < -0.4 is 0 Å².